The Morgan fingerprint density at radius 1 is 1.13 bits per heavy atom. The molecule has 4 nitrogen and oxygen atoms in total. The van der Waals surface area contributed by atoms with Gasteiger partial charge in [0.05, 0.1) is 5.92 Å². The predicted octanol–water partition coefficient (Wildman–Crippen LogP) is 3.95. The van der Waals surface area contributed by atoms with Crippen LogP contribution < -0.4 is 4.90 Å². The second-order valence-electron chi connectivity index (χ2n) is 5.12. The van der Waals surface area contributed by atoms with E-state index in [-0.39, 0.29) is 12.3 Å². The summed E-state index contributed by atoms with van der Waals surface area (Å²) in [7, 11) is 0. The molecular formula is C18H18ClNO3. The van der Waals surface area contributed by atoms with Gasteiger partial charge in [-0.1, -0.05) is 41.9 Å². The number of halogens is 1. The molecule has 0 saturated heterocycles. The molecule has 23 heavy (non-hydrogen) atoms. The van der Waals surface area contributed by atoms with E-state index in [9.17, 15) is 14.7 Å². The Morgan fingerprint density at radius 3 is 2.39 bits per heavy atom. The smallest absolute Gasteiger partial charge is 0.311 e. The van der Waals surface area contributed by atoms with Crippen LogP contribution in [0.2, 0.25) is 5.02 Å². The number of benzene rings is 2. The van der Waals surface area contributed by atoms with Gasteiger partial charge in [0.1, 0.15) is 0 Å². The van der Waals surface area contributed by atoms with Crippen LogP contribution in [0.4, 0.5) is 5.69 Å². The maximum Gasteiger partial charge on any atom is 0.311 e. The lowest BCUT2D eigenvalue weighted by Gasteiger charge is -2.23. The standard InChI is InChI=1S/C18H18ClNO3/c1-2-20(15-9-4-3-5-10-15)17(21)12-16(18(22)23)13-7-6-8-14(19)11-13/h3-11,16H,2,12H2,1H3,(H,22,23). The maximum absolute atomic E-state index is 12.6. The molecule has 2 rings (SSSR count). The fourth-order valence-electron chi connectivity index (χ4n) is 2.47. The molecule has 0 fully saturated rings. The van der Waals surface area contributed by atoms with Crippen LogP contribution in [-0.2, 0) is 9.59 Å². The summed E-state index contributed by atoms with van der Waals surface area (Å²) in [6, 6.07) is 15.8. The number of carboxylic acids is 1. The zero-order valence-electron chi connectivity index (χ0n) is 12.8. The maximum atomic E-state index is 12.6. The third kappa shape index (κ3) is 4.33. The molecule has 0 aliphatic rings. The number of nitrogens with zero attached hydrogens (tertiary/aromatic N) is 1. The summed E-state index contributed by atoms with van der Waals surface area (Å²) >= 11 is 5.93. The Bertz CT molecular complexity index is 688. The van der Waals surface area contributed by atoms with E-state index in [1.165, 1.54) is 0 Å². The third-order valence-electron chi connectivity index (χ3n) is 3.61. The zero-order valence-corrected chi connectivity index (χ0v) is 13.5. The van der Waals surface area contributed by atoms with Crippen LogP contribution in [0.5, 0.6) is 0 Å². The summed E-state index contributed by atoms with van der Waals surface area (Å²) in [4.78, 5) is 25.7. The van der Waals surface area contributed by atoms with Gasteiger partial charge in [0.25, 0.3) is 0 Å². The summed E-state index contributed by atoms with van der Waals surface area (Å²) in [5.74, 6) is -2.19. The van der Waals surface area contributed by atoms with Crippen LogP contribution >= 0.6 is 11.6 Å². The van der Waals surface area contributed by atoms with Crippen molar-refractivity contribution in [3.63, 3.8) is 0 Å². The van der Waals surface area contributed by atoms with Crippen molar-refractivity contribution in [2.75, 3.05) is 11.4 Å². The molecule has 1 N–H and O–H groups in total. The van der Waals surface area contributed by atoms with Crippen LogP contribution in [0, 0.1) is 0 Å². The van der Waals surface area contributed by atoms with E-state index in [0.717, 1.165) is 5.69 Å². The van der Waals surface area contributed by atoms with Gasteiger partial charge < -0.3 is 10.0 Å². The molecular weight excluding hydrogens is 314 g/mol. The molecule has 0 saturated carbocycles. The number of para-hydroxylation sites is 1. The normalized spacial score (nSPS) is 11.7. The van der Waals surface area contributed by atoms with E-state index in [0.29, 0.717) is 17.1 Å². The monoisotopic (exact) mass is 331 g/mol. The van der Waals surface area contributed by atoms with E-state index in [4.69, 9.17) is 11.6 Å². The van der Waals surface area contributed by atoms with E-state index in [2.05, 4.69) is 0 Å². The van der Waals surface area contributed by atoms with E-state index >= 15 is 0 Å². The summed E-state index contributed by atoms with van der Waals surface area (Å²) < 4.78 is 0. The Kier molecular flexibility index (Phi) is 5.77. The molecule has 2 aromatic rings. The molecule has 1 atom stereocenters. The SMILES string of the molecule is CCN(C(=O)CC(C(=O)O)c1cccc(Cl)c1)c1ccccc1. The second-order valence-corrected chi connectivity index (χ2v) is 5.56. The minimum absolute atomic E-state index is 0.113. The number of carboxylic acid groups (broad SMARTS) is 1. The molecule has 0 aromatic heterocycles. The molecule has 0 aliphatic heterocycles. The van der Waals surface area contributed by atoms with E-state index in [1.54, 1.807) is 29.2 Å². The third-order valence-corrected chi connectivity index (χ3v) is 3.85. The van der Waals surface area contributed by atoms with Gasteiger partial charge >= 0.3 is 5.97 Å². The number of hydrogen-bond donors (Lipinski definition) is 1. The average molecular weight is 332 g/mol. The Labute approximate surface area is 140 Å². The van der Waals surface area contributed by atoms with Crippen molar-refractivity contribution in [2.24, 2.45) is 0 Å². The molecule has 5 heteroatoms. The average Bonchev–Trinajstić information content (AvgIpc) is 2.54. The second kappa shape index (κ2) is 7.79. The molecule has 1 amide bonds. The van der Waals surface area contributed by atoms with Crippen molar-refractivity contribution in [3.05, 3.63) is 65.2 Å². The highest BCUT2D eigenvalue weighted by molar-refractivity contribution is 6.30. The van der Waals surface area contributed by atoms with E-state index in [1.807, 2.05) is 37.3 Å². The predicted molar refractivity (Wildman–Crippen MR) is 90.9 cm³/mol. The first kappa shape index (κ1) is 17.0. The van der Waals surface area contributed by atoms with E-state index < -0.39 is 11.9 Å². The summed E-state index contributed by atoms with van der Waals surface area (Å²) in [5, 5.41) is 9.93. The van der Waals surface area contributed by atoms with Crippen LogP contribution in [0.25, 0.3) is 0 Å². The number of carbonyl (C=O) groups is 2. The van der Waals surface area contributed by atoms with Crippen LogP contribution in [0.1, 0.15) is 24.8 Å². The lowest BCUT2D eigenvalue weighted by molar-refractivity contribution is -0.140. The van der Waals surface area contributed by atoms with Gasteiger partial charge in [-0.2, -0.15) is 0 Å². The number of carbonyl (C=O) groups excluding carboxylic acids is 1. The lowest BCUT2D eigenvalue weighted by atomic mass is 9.95. The number of hydrogen-bond acceptors (Lipinski definition) is 2. The fourth-order valence-corrected chi connectivity index (χ4v) is 2.67. The van der Waals surface area contributed by atoms with Gasteiger partial charge in [0.2, 0.25) is 5.91 Å². The number of aliphatic carboxylic acids is 1. The minimum atomic E-state index is -1.04. The van der Waals surface area contributed by atoms with Gasteiger partial charge in [-0.25, -0.2) is 0 Å². The van der Waals surface area contributed by atoms with Crippen molar-refractivity contribution < 1.29 is 14.7 Å². The molecule has 120 valence electrons. The van der Waals surface area contributed by atoms with Gasteiger partial charge in [-0.15, -0.1) is 0 Å². The molecule has 1 unspecified atom stereocenters. The Hall–Kier alpha value is -2.33. The summed E-state index contributed by atoms with van der Waals surface area (Å²) in [5.41, 5.74) is 1.29. The number of anilines is 1. The van der Waals surface area contributed by atoms with Crippen LogP contribution in [0.15, 0.2) is 54.6 Å². The minimum Gasteiger partial charge on any atom is -0.481 e. The Morgan fingerprint density at radius 2 is 1.83 bits per heavy atom. The molecule has 0 bridgehead atoms. The van der Waals surface area contributed by atoms with Gasteiger partial charge in [-0.3, -0.25) is 9.59 Å². The summed E-state index contributed by atoms with van der Waals surface area (Å²) in [6.07, 6.45) is -0.113. The first-order valence-electron chi connectivity index (χ1n) is 7.36. The quantitative estimate of drug-likeness (QED) is 0.871. The first-order valence-corrected chi connectivity index (χ1v) is 7.74. The highest BCUT2D eigenvalue weighted by Gasteiger charge is 2.26. The first-order chi connectivity index (χ1) is 11.0. The largest absolute Gasteiger partial charge is 0.481 e. The van der Waals surface area contributed by atoms with Crippen LogP contribution in [0.3, 0.4) is 0 Å². The van der Waals surface area contributed by atoms with Crippen LogP contribution in [-0.4, -0.2) is 23.5 Å². The highest BCUT2D eigenvalue weighted by atomic mass is 35.5. The molecule has 0 heterocycles. The number of amides is 1. The van der Waals surface area contributed by atoms with Gasteiger partial charge in [0, 0.05) is 23.7 Å². The van der Waals surface area contributed by atoms with Crippen molar-refractivity contribution >= 4 is 29.2 Å². The van der Waals surface area contributed by atoms with Crippen molar-refractivity contribution in [1.82, 2.24) is 0 Å². The lowest BCUT2D eigenvalue weighted by Crippen LogP contribution is -2.33. The molecule has 0 aliphatic carbocycles. The number of rotatable bonds is 6. The van der Waals surface area contributed by atoms with Crippen molar-refractivity contribution in [2.45, 2.75) is 19.3 Å². The van der Waals surface area contributed by atoms with Crippen molar-refractivity contribution in [3.8, 4) is 0 Å². The highest BCUT2D eigenvalue weighted by Crippen LogP contribution is 2.25. The van der Waals surface area contributed by atoms with Gasteiger partial charge in [-0.05, 0) is 36.8 Å². The zero-order chi connectivity index (χ0) is 16.8. The molecule has 2 aromatic carbocycles. The summed E-state index contributed by atoms with van der Waals surface area (Å²) in [6.45, 7) is 2.34. The fraction of sp³-hybridized carbons (Fsp3) is 0.222. The molecule has 0 radical (unpaired) electrons. The topological polar surface area (TPSA) is 57.6 Å². The molecule has 0 spiro atoms. The van der Waals surface area contributed by atoms with Crippen molar-refractivity contribution in [1.29, 1.82) is 0 Å². The Balaban J connectivity index is 2.22. The van der Waals surface area contributed by atoms with Gasteiger partial charge in [0.15, 0.2) is 0 Å².